The maximum Gasteiger partial charge on any atom is 0.337 e. The molecule has 0 spiro atoms. The van der Waals surface area contributed by atoms with Gasteiger partial charge < -0.3 is 9.67 Å². The van der Waals surface area contributed by atoms with Crippen LogP contribution in [0.4, 0.5) is 0 Å². The van der Waals surface area contributed by atoms with Crippen molar-refractivity contribution in [3.63, 3.8) is 0 Å². The number of fused-ring (bicyclic) bond motifs is 1. The van der Waals surface area contributed by atoms with E-state index in [2.05, 4.69) is 30.3 Å². The van der Waals surface area contributed by atoms with Gasteiger partial charge in [0.1, 0.15) is 11.3 Å². The first-order valence-electron chi connectivity index (χ1n) is 7.22. The molecule has 0 bridgehead atoms. The molecule has 1 atom stereocenters. The van der Waals surface area contributed by atoms with Crippen molar-refractivity contribution in [2.75, 3.05) is 0 Å². The van der Waals surface area contributed by atoms with Crippen molar-refractivity contribution in [2.45, 2.75) is 46.6 Å². The fourth-order valence-electron chi connectivity index (χ4n) is 3.10. The first kappa shape index (κ1) is 14.6. The Morgan fingerprint density at radius 2 is 2.00 bits per heavy atom. The molecule has 4 heteroatoms. The number of carbonyl (C=O) groups is 1. The average molecular weight is 274 g/mol. The van der Waals surface area contributed by atoms with Crippen LogP contribution in [0.5, 0.6) is 0 Å². The van der Waals surface area contributed by atoms with Crippen LogP contribution >= 0.6 is 0 Å². The first-order chi connectivity index (χ1) is 9.51. The number of aromatic carboxylic acids is 1. The van der Waals surface area contributed by atoms with Gasteiger partial charge in [-0.1, -0.05) is 32.8 Å². The molecule has 0 aliphatic rings. The highest BCUT2D eigenvalue weighted by molar-refractivity contribution is 6.01. The molecule has 0 fully saturated rings. The van der Waals surface area contributed by atoms with Crippen LogP contribution in [0.2, 0.25) is 0 Å². The number of benzene rings is 1. The van der Waals surface area contributed by atoms with E-state index in [1.165, 1.54) is 0 Å². The number of aryl methyl sites for hydroxylation is 1. The Bertz CT molecular complexity index is 627. The molecule has 1 aromatic carbocycles. The number of aromatic nitrogens is 2. The van der Waals surface area contributed by atoms with Crippen molar-refractivity contribution in [2.24, 2.45) is 5.92 Å². The van der Waals surface area contributed by atoms with Crippen molar-refractivity contribution < 1.29 is 9.90 Å². The molecule has 0 amide bonds. The summed E-state index contributed by atoms with van der Waals surface area (Å²) in [6.07, 6.45) is 2.21. The third-order valence-corrected chi connectivity index (χ3v) is 4.27. The highest BCUT2D eigenvalue weighted by atomic mass is 16.4. The van der Waals surface area contributed by atoms with Gasteiger partial charge >= 0.3 is 5.97 Å². The molecule has 0 saturated heterocycles. The fourth-order valence-corrected chi connectivity index (χ4v) is 3.10. The summed E-state index contributed by atoms with van der Waals surface area (Å²) in [7, 11) is 0. The van der Waals surface area contributed by atoms with Crippen molar-refractivity contribution in [3.8, 4) is 0 Å². The van der Waals surface area contributed by atoms with Crippen molar-refractivity contribution in [1.29, 1.82) is 0 Å². The first-order valence-corrected chi connectivity index (χ1v) is 7.22. The zero-order valence-electron chi connectivity index (χ0n) is 12.6. The van der Waals surface area contributed by atoms with E-state index >= 15 is 0 Å². The molecule has 0 aliphatic carbocycles. The Kier molecular flexibility index (Phi) is 4.12. The Hall–Kier alpha value is -1.84. The molecule has 0 aliphatic heterocycles. The highest BCUT2D eigenvalue weighted by Crippen LogP contribution is 2.30. The zero-order valence-corrected chi connectivity index (χ0v) is 12.6. The van der Waals surface area contributed by atoms with Crippen molar-refractivity contribution >= 4 is 17.0 Å². The van der Waals surface area contributed by atoms with Crippen LogP contribution in [0.25, 0.3) is 11.0 Å². The number of imidazole rings is 1. The van der Waals surface area contributed by atoms with E-state index in [1.54, 1.807) is 12.1 Å². The molecule has 1 unspecified atom stereocenters. The third-order valence-electron chi connectivity index (χ3n) is 4.27. The second-order valence-corrected chi connectivity index (χ2v) is 5.32. The van der Waals surface area contributed by atoms with Crippen molar-refractivity contribution in [1.82, 2.24) is 9.55 Å². The molecule has 0 saturated carbocycles. The normalized spacial score (nSPS) is 13.1. The van der Waals surface area contributed by atoms with E-state index in [1.807, 2.05) is 13.0 Å². The van der Waals surface area contributed by atoms with Crippen LogP contribution in [0.1, 0.15) is 55.8 Å². The van der Waals surface area contributed by atoms with Gasteiger partial charge in [0.25, 0.3) is 0 Å². The number of carboxylic acids is 1. The molecule has 1 heterocycles. The lowest BCUT2D eigenvalue weighted by molar-refractivity contribution is 0.0699. The number of para-hydroxylation sites is 1. The molecule has 20 heavy (non-hydrogen) atoms. The fraction of sp³-hybridized carbons (Fsp3) is 0.500. The smallest absolute Gasteiger partial charge is 0.337 e. The quantitative estimate of drug-likeness (QED) is 0.895. The molecule has 1 aromatic heterocycles. The lowest BCUT2D eigenvalue weighted by atomic mass is 9.95. The lowest BCUT2D eigenvalue weighted by Gasteiger charge is -2.24. The van der Waals surface area contributed by atoms with Crippen LogP contribution in [0.15, 0.2) is 18.2 Å². The predicted molar refractivity (Wildman–Crippen MR) is 80.2 cm³/mol. The van der Waals surface area contributed by atoms with E-state index in [-0.39, 0.29) is 5.56 Å². The maximum atomic E-state index is 11.3. The largest absolute Gasteiger partial charge is 0.478 e. The van der Waals surface area contributed by atoms with Crippen LogP contribution in [0, 0.1) is 12.8 Å². The van der Waals surface area contributed by atoms with Crippen molar-refractivity contribution in [3.05, 3.63) is 29.6 Å². The Morgan fingerprint density at radius 3 is 2.55 bits per heavy atom. The summed E-state index contributed by atoms with van der Waals surface area (Å²) in [6, 6.07) is 5.69. The molecular formula is C16H22N2O2. The summed E-state index contributed by atoms with van der Waals surface area (Å²) in [5, 5.41) is 9.27. The van der Waals surface area contributed by atoms with Gasteiger partial charge in [0, 0.05) is 6.04 Å². The van der Waals surface area contributed by atoms with E-state index < -0.39 is 5.97 Å². The molecule has 4 nitrogen and oxygen atoms in total. The number of hydrogen-bond acceptors (Lipinski definition) is 2. The van der Waals surface area contributed by atoms with Crippen LogP contribution < -0.4 is 0 Å². The number of rotatable bonds is 5. The predicted octanol–water partition coefficient (Wildman–Crippen LogP) is 4.04. The molecular weight excluding hydrogens is 252 g/mol. The van der Waals surface area contributed by atoms with Gasteiger partial charge in [-0.3, -0.25) is 0 Å². The van der Waals surface area contributed by atoms with Gasteiger partial charge in [0.2, 0.25) is 0 Å². The standard InChI is InChI=1S/C16H22N2O2/c1-5-12(6-2)10(3)18-11(4)17-15-13(16(19)20)8-7-9-14(15)18/h7-10,12H,5-6H2,1-4H3,(H,19,20). The van der Waals surface area contributed by atoms with Crippen LogP contribution in [-0.4, -0.2) is 20.6 Å². The summed E-state index contributed by atoms with van der Waals surface area (Å²) in [4.78, 5) is 15.8. The van der Waals surface area contributed by atoms with Gasteiger partial charge in [0.15, 0.2) is 0 Å². The van der Waals surface area contributed by atoms with Gasteiger partial charge in [-0.05, 0) is 31.9 Å². The maximum absolute atomic E-state index is 11.3. The zero-order chi connectivity index (χ0) is 14.9. The minimum atomic E-state index is -0.921. The second-order valence-electron chi connectivity index (χ2n) is 5.32. The van der Waals surface area contributed by atoms with E-state index in [4.69, 9.17) is 0 Å². The molecule has 2 aromatic rings. The summed E-state index contributed by atoms with van der Waals surface area (Å²) >= 11 is 0. The van der Waals surface area contributed by atoms with Gasteiger partial charge in [0.05, 0.1) is 11.1 Å². The highest BCUT2D eigenvalue weighted by Gasteiger charge is 2.21. The van der Waals surface area contributed by atoms with Gasteiger partial charge in [-0.25, -0.2) is 9.78 Å². The summed E-state index contributed by atoms with van der Waals surface area (Å²) in [5.41, 5.74) is 1.79. The molecule has 2 rings (SSSR count). The lowest BCUT2D eigenvalue weighted by Crippen LogP contribution is -2.16. The van der Waals surface area contributed by atoms with E-state index in [0.717, 1.165) is 24.2 Å². The number of carboxylic acid groups (broad SMARTS) is 1. The van der Waals surface area contributed by atoms with Crippen LogP contribution in [-0.2, 0) is 0 Å². The van der Waals surface area contributed by atoms with Crippen LogP contribution in [0.3, 0.4) is 0 Å². The Morgan fingerprint density at radius 1 is 1.35 bits per heavy atom. The number of hydrogen-bond donors (Lipinski definition) is 1. The summed E-state index contributed by atoms with van der Waals surface area (Å²) < 4.78 is 2.18. The summed E-state index contributed by atoms with van der Waals surface area (Å²) in [6.45, 7) is 8.54. The van der Waals surface area contributed by atoms with E-state index in [9.17, 15) is 9.90 Å². The van der Waals surface area contributed by atoms with E-state index in [0.29, 0.717) is 17.5 Å². The van der Waals surface area contributed by atoms with Gasteiger partial charge in [-0.2, -0.15) is 0 Å². The SMILES string of the molecule is CCC(CC)C(C)n1c(C)nc2c(C(=O)O)cccc21. The second kappa shape index (κ2) is 5.65. The molecule has 108 valence electrons. The minimum absolute atomic E-state index is 0.279. The number of nitrogens with zero attached hydrogens (tertiary/aromatic N) is 2. The Balaban J connectivity index is 2.63. The topological polar surface area (TPSA) is 55.1 Å². The van der Waals surface area contributed by atoms with Gasteiger partial charge in [-0.15, -0.1) is 0 Å². The average Bonchev–Trinajstić information content (AvgIpc) is 2.75. The minimum Gasteiger partial charge on any atom is -0.478 e. The summed E-state index contributed by atoms with van der Waals surface area (Å²) in [5.74, 6) is 0.531. The molecule has 1 N–H and O–H groups in total. The Labute approximate surface area is 119 Å². The third kappa shape index (κ3) is 2.30. The molecule has 0 radical (unpaired) electrons. The monoisotopic (exact) mass is 274 g/mol.